The fraction of sp³-hybridized carbons (Fsp3) is 0.250. The lowest BCUT2D eigenvalue weighted by Crippen LogP contribution is -2.34. The zero-order valence-corrected chi connectivity index (χ0v) is 7.56. The van der Waals surface area contributed by atoms with E-state index < -0.39 is 28.5 Å². The quantitative estimate of drug-likeness (QED) is 0.660. The van der Waals surface area contributed by atoms with E-state index in [4.69, 9.17) is 11.6 Å². The molecule has 0 aliphatic heterocycles. The van der Waals surface area contributed by atoms with Gasteiger partial charge in [-0.3, -0.25) is 0 Å². The van der Waals surface area contributed by atoms with Gasteiger partial charge in [-0.05, 0) is 6.07 Å². The highest BCUT2D eigenvalue weighted by Gasteiger charge is 2.60. The average molecular weight is 248 g/mol. The molecule has 1 aromatic carbocycles. The highest BCUT2D eigenvalue weighted by molar-refractivity contribution is 6.30. The van der Waals surface area contributed by atoms with E-state index in [1.165, 1.54) is 0 Å². The molecule has 1 radical (unpaired) electrons. The van der Waals surface area contributed by atoms with Gasteiger partial charge >= 0.3 is 12.1 Å². The van der Waals surface area contributed by atoms with E-state index in [0.29, 0.717) is 6.07 Å². The van der Waals surface area contributed by atoms with Crippen molar-refractivity contribution in [1.82, 2.24) is 0 Å². The van der Waals surface area contributed by atoms with E-state index in [0.717, 1.165) is 0 Å². The molecule has 83 valence electrons. The molecule has 0 saturated carbocycles. The van der Waals surface area contributed by atoms with Gasteiger partial charge in [-0.15, -0.1) is 0 Å². The fourth-order valence-electron chi connectivity index (χ4n) is 0.848. The van der Waals surface area contributed by atoms with Gasteiger partial charge in [0, 0.05) is 6.07 Å². The summed E-state index contributed by atoms with van der Waals surface area (Å²) in [5.41, 5.74) is -1.81. The molecule has 0 N–H and O–H groups in total. The van der Waals surface area contributed by atoms with Crippen LogP contribution >= 0.6 is 11.6 Å². The monoisotopic (exact) mass is 247 g/mol. The van der Waals surface area contributed by atoms with Crippen molar-refractivity contribution in [1.29, 1.82) is 0 Å². The molecule has 0 aromatic heterocycles. The minimum atomic E-state index is -5.86. The molecule has 1 aromatic rings. The number of alkyl halides is 5. The van der Waals surface area contributed by atoms with Crippen LogP contribution in [0.4, 0.5) is 26.3 Å². The molecule has 0 spiro atoms. The molecule has 0 atom stereocenters. The Kier molecular flexibility index (Phi) is 2.91. The third-order valence-electron chi connectivity index (χ3n) is 1.58. The van der Waals surface area contributed by atoms with Crippen LogP contribution in [-0.2, 0) is 5.92 Å². The topological polar surface area (TPSA) is 0 Å². The van der Waals surface area contributed by atoms with Crippen molar-refractivity contribution in [2.45, 2.75) is 12.1 Å². The Morgan fingerprint density at radius 3 is 2.13 bits per heavy atom. The minimum absolute atomic E-state index is 0.286. The van der Waals surface area contributed by atoms with Crippen LogP contribution in [0.1, 0.15) is 5.56 Å². The van der Waals surface area contributed by atoms with Crippen LogP contribution in [0.25, 0.3) is 0 Å². The van der Waals surface area contributed by atoms with E-state index in [1.54, 1.807) is 0 Å². The van der Waals surface area contributed by atoms with Crippen LogP contribution in [0, 0.1) is 11.9 Å². The maximum atomic E-state index is 12.9. The number of rotatable bonds is 1. The number of hydrogen-bond donors (Lipinski definition) is 0. The fourth-order valence-corrected chi connectivity index (χ4v) is 1.01. The van der Waals surface area contributed by atoms with Crippen LogP contribution in [0.2, 0.25) is 5.02 Å². The zero-order chi connectivity index (χ0) is 11.9. The summed E-state index contributed by atoms with van der Waals surface area (Å²) in [5, 5.41) is -0.906. The van der Waals surface area contributed by atoms with Gasteiger partial charge in [0.2, 0.25) is 0 Å². The number of halogens is 7. The summed E-state index contributed by atoms with van der Waals surface area (Å²) < 4.78 is 73.8. The first kappa shape index (κ1) is 12.2. The highest BCUT2D eigenvalue weighted by Crippen LogP contribution is 2.45. The van der Waals surface area contributed by atoms with Crippen molar-refractivity contribution in [2.75, 3.05) is 0 Å². The van der Waals surface area contributed by atoms with Crippen LogP contribution in [0.15, 0.2) is 12.1 Å². The Morgan fingerprint density at radius 2 is 1.67 bits per heavy atom. The molecule has 7 heteroatoms. The molecule has 0 bridgehead atoms. The second kappa shape index (κ2) is 3.59. The molecule has 0 unspecified atom stereocenters. The Hall–Kier alpha value is -0.910. The molecule has 0 aliphatic rings. The zero-order valence-electron chi connectivity index (χ0n) is 6.80. The molecular weight excluding hydrogens is 246 g/mol. The van der Waals surface area contributed by atoms with Gasteiger partial charge in [-0.1, -0.05) is 17.7 Å². The average Bonchev–Trinajstić information content (AvgIpc) is 2.07. The van der Waals surface area contributed by atoms with E-state index in [2.05, 4.69) is 0 Å². The molecule has 15 heavy (non-hydrogen) atoms. The van der Waals surface area contributed by atoms with Gasteiger partial charge in [0.05, 0.1) is 10.6 Å². The van der Waals surface area contributed by atoms with Crippen molar-refractivity contribution in [3.63, 3.8) is 0 Å². The van der Waals surface area contributed by atoms with Crippen molar-refractivity contribution in [3.05, 3.63) is 34.6 Å². The second-order valence-electron chi connectivity index (χ2n) is 2.59. The first-order chi connectivity index (χ1) is 6.68. The third-order valence-corrected chi connectivity index (χ3v) is 1.86. The van der Waals surface area contributed by atoms with Crippen molar-refractivity contribution < 1.29 is 26.3 Å². The maximum absolute atomic E-state index is 12.9. The maximum Gasteiger partial charge on any atom is 0.458 e. The van der Waals surface area contributed by atoms with Crippen LogP contribution in [0.3, 0.4) is 0 Å². The van der Waals surface area contributed by atoms with Crippen LogP contribution in [-0.4, -0.2) is 6.18 Å². The van der Waals surface area contributed by atoms with E-state index >= 15 is 0 Å². The predicted octanol–water partition coefficient (Wildman–Crippen LogP) is 3.93. The molecule has 0 saturated heterocycles. The van der Waals surface area contributed by atoms with Crippen LogP contribution in [0.5, 0.6) is 0 Å². The summed E-state index contributed by atoms with van der Waals surface area (Å²) in [7, 11) is 0. The Labute approximate surface area is 85.5 Å². The van der Waals surface area contributed by atoms with Crippen molar-refractivity contribution in [2.24, 2.45) is 0 Å². The van der Waals surface area contributed by atoms with Crippen molar-refractivity contribution in [3.8, 4) is 0 Å². The standard InChI is InChI=1S/C8H2ClF6/c9-5-3-1-2-4(6(5)10)7(11,12)8(13,14)15/h1-2H. The SMILES string of the molecule is Fc1c(Cl)[c]ccc1C(F)(F)C(F)(F)F. The van der Waals surface area contributed by atoms with Gasteiger partial charge in [-0.25, -0.2) is 4.39 Å². The van der Waals surface area contributed by atoms with Gasteiger partial charge in [0.1, 0.15) is 0 Å². The van der Waals surface area contributed by atoms with E-state index in [-0.39, 0.29) is 6.07 Å². The second-order valence-corrected chi connectivity index (χ2v) is 2.97. The predicted molar refractivity (Wildman–Crippen MR) is 40.2 cm³/mol. The normalized spacial score (nSPS) is 13.0. The lowest BCUT2D eigenvalue weighted by Gasteiger charge is -2.20. The number of hydrogen-bond acceptors (Lipinski definition) is 0. The van der Waals surface area contributed by atoms with Gasteiger partial charge in [0.25, 0.3) is 0 Å². The summed E-state index contributed by atoms with van der Waals surface area (Å²) in [5.74, 6) is -7.09. The molecule has 0 heterocycles. The summed E-state index contributed by atoms with van der Waals surface area (Å²) in [4.78, 5) is 0. The Bertz CT molecular complexity index is 370. The first-order valence-electron chi connectivity index (χ1n) is 3.48. The first-order valence-corrected chi connectivity index (χ1v) is 3.86. The molecule has 0 aliphatic carbocycles. The Balaban J connectivity index is 3.34. The lowest BCUT2D eigenvalue weighted by molar-refractivity contribution is -0.290. The number of benzene rings is 1. The van der Waals surface area contributed by atoms with Crippen LogP contribution < -0.4 is 0 Å². The molecule has 0 fully saturated rings. The van der Waals surface area contributed by atoms with Gasteiger partial charge in [0.15, 0.2) is 5.82 Å². The van der Waals surface area contributed by atoms with Gasteiger partial charge < -0.3 is 0 Å². The summed E-state index contributed by atoms with van der Waals surface area (Å²) in [6.07, 6.45) is -5.86. The largest absolute Gasteiger partial charge is 0.458 e. The summed E-state index contributed by atoms with van der Waals surface area (Å²) >= 11 is 5.04. The van der Waals surface area contributed by atoms with Gasteiger partial charge in [-0.2, -0.15) is 22.0 Å². The molecule has 1 rings (SSSR count). The molecule has 0 amide bonds. The minimum Gasteiger partial charge on any atom is -0.205 e. The smallest absolute Gasteiger partial charge is 0.205 e. The molecule has 0 nitrogen and oxygen atoms in total. The summed E-state index contributed by atoms with van der Waals surface area (Å²) in [6, 6.07) is 2.93. The lowest BCUT2D eigenvalue weighted by atomic mass is 10.1. The highest BCUT2D eigenvalue weighted by atomic mass is 35.5. The van der Waals surface area contributed by atoms with E-state index in [9.17, 15) is 26.3 Å². The summed E-state index contributed by atoms with van der Waals surface area (Å²) in [6.45, 7) is 0. The Morgan fingerprint density at radius 1 is 1.13 bits per heavy atom. The molecular formula is C8H2ClF6. The third kappa shape index (κ3) is 2.04. The van der Waals surface area contributed by atoms with Crippen molar-refractivity contribution >= 4 is 11.6 Å². The van der Waals surface area contributed by atoms with E-state index in [1.807, 2.05) is 6.07 Å².